The molecule has 0 aromatic heterocycles. The number of nitrogens with one attached hydrogen (secondary N) is 2. The molecule has 1 rings (SSSR count). The van der Waals surface area contributed by atoms with E-state index in [1.54, 1.807) is 0 Å². The van der Waals surface area contributed by atoms with E-state index < -0.39 is 0 Å². The predicted octanol–water partition coefficient (Wildman–Crippen LogP) is -0.408. The molecule has 0 radical (unpaired) electrons. The lowest BCUT2D eigenvalue weighted by molar-refractivity contribution is -0.120. The van der Waals surface area contributed by atoms with Gasteiger partial charge in [0.05, 0.1) is 6.54 Å². The first-order valence-electron chi connectivity index (χ1n) is 4.93. The third-order valence-electron chi connectivity index (χ3n) is 2.69. The van der Waals surface area contributed by atoms with Crippen LogP contribution in [0.4, 0.5) is 0 Å². The van der Waals surface area contributed by atoms with E-state index in [2.05, 4.69) is 10.6 Å². The molecule has 4 nitrogen and oxygen atoms in total. The van der Waals surface area contributed by atoms with E-state index in [0.717, 1.165) is 25.7 Å². The lowest BCUT2D eigenvalue weighted by Crippen LogP contribution is -2.43. The molecule has 0 unspecified atom stereocenters. The quantitative estimate of drug-likeness (QED) is 0.560. The molecule has 4 heteroatoms. The fourth-order valence-corrected chi connectivity index (χ4v) is 1.81. The van der Waals surface area contributed by atoms with E-state index in [1.165, 1.54) is 0 Å². The monoisotopic (exact) mass is 185 g/mol. The first-order valence-corrected chi connectivity index (χ1v) is 4.93. The SMILES string of the molecule is CNC1CCC(NC(=O)CN)CC1. The summed E-state index contributed by atoms with van der Waals surface area (Å²) in [4.78, 5) is 11.0. The highest BCUT2D eigenvalue weighted by Gasteiger charge is 2.20. The Bertz CT molecular complexity index is 164. The number of rotatable bonds is 3. The lowest BCUT2D eigenvalue weighted by Gasteiger charge is -2.28. The third-order valence-corrected chi connectivity index (χ3v) is 2.69. The average molecular weight is 185 g/mol. The summed E-state index contributed by atoms with van der Waals surface area (Å²) in [5.41, 5.74) is 5.22. The van der Waals surface area contributed by atoms with Gasteiger partial charge in [0.25, 0.3) is 0 Å². The van der Waals surface area contributed by atoms with Crippen LogP contribution in [0.1, 0.15) is 25.7 Å². The molecule has 1 aliphatic rings. The minimum atomic E-state index is -0.0343. The van der Waals surface area contributed by atoms with Gasteiger partial charge in [-0.3, -0.25) is 4.79 Å². The van der Waals surface area contributed by atoms with Crippen LogP contribution in [0.15, 0.2) is 0 Å². The second-order valence-corrected chi connectivity index (χ2v) is 3.61. The van der Waals surface area contributed by atoms with Crippen molar-refractivity contribution >= 4 is 5.91 Å². The standard InChI is InChI=1S/C9H19N3O/c1-11-7-2-4-8(5-3-7)12-9(13)6-10/h7-8,11H,2-6,10H2,1H3,(H,12,13). The van der Waals surface area contributed by atoms with Crippen molar-refractivity contribution in [2.45, 2.75) is 37.8 Å². The Kier molecular flexibility index (Phi) is 4.18. The Hall–Kier alpha value is -0.610. The molecular weight excluding hydrogens is 166 g/mol. The van der Waals surface area contributed by atoms with Crippen molar-refractivity contribution < 1.29 is 4.79 Å². The highest BCUT2D eigenvalue weighted by molar-refractivity contribution is 5.78. The Morgan fingerprint density at radius 3 is 2.31 bits per heavy atom. The molecule has 1 saturated carbocycles. The second kappa shape index (κ2) is 5.19. The van der Waals surface area contributed by atoms with Crippen LogP contribution < -0.4 is 16.4 Å². The Labute approximate surface area is 79.3 Å². The van der Waals surface area contributed by atoms with Gasteiger partial charge in [0.15, 0.2) is 0 Å². The largest absolute Gasteiger partial charge is 0.352 e. The van der Waals surface area contributed by atoms with Gasteiger partial charge in [0, 0.05) is 12.1 Å². The zero-order valence-corrected chi connectivity index (χ0v) is 8.18. The summed E-state index contributed by atoms with van der Waals surface area (Å²) in [5, 5.41) is 6.18. The predicted molar refractivity (Wildman–Crippen MR) is 52.3 cm³/mol. The fraction of sp³-hybridized carbons (Fsp3) is 0.889. The molecule has 0 spiro atoms. The van der Waals surface area contributed by atoms with Crippen LogP contribution in [0.25, 0.3) is 0 Å². The number of amides is 1. The van der Waals surface area contributed by atoms with Gasteiger partial charge in [-0.1, -0.05) is 0 Å². The van der Waals surface area contributed by atoms with Gasteiger partial charge in [-0.2, -0.15) is 0 Å². The van der Waals surface area contributed by atoms with Crippen LogP contribution in [-0.2, 0) is 4.79 Å². The van der Waals surface area contributed by atoms with E-state index >= 15 is 0 Å². The van der Waals surface area contributed by atoms with Crippen molar-refractivity contribution in [3.63, 3.8) is 0 Å². The molecule has 0 aliphatic heterocycles. The number of carbonyl (C=O) groups excluding carboxylic acids is 1. The van der Waals surface area contributed by atoms with E-state index in [9.17, 15) is 4.79 Å². The molecule has 13 heavy (non-hydrogen) atoms. The molecule has 0 heterocycles. The zero-order chi connectivity index (χ0) is 9.68. The van der Waals surface area contributed by atoms with Crippen molar-refractivity contribution in [2.24, 2.45) is 5.73 Å². The molecule has 0 bridgehead atoms. The topological polar surface area (TPSA) is 67.1 Å². The van der Waals surface area contributed by atoms with Gasteiger partial charge in [-0.25, -0.2) is 0 Å². The lowest BCUT2D eigenvalue weighted by atomic mass is 9.91. The Morgan fingerprint density at radius 2 is 1.85 bits per heavy atom. The Morgan fingerprint density at radius 1 is 1.31 bits per heavy atom. The molecule has 0 aromatic carbocycles. The summed E-state index contributed by atoms with van der Waals surface area (Å²) in [5.74, 6) is -0.0343. The van der Waals surface area contributed by atoms with Gasteiger partial charge in [-0.05, 0) is 32.7 Å². The summed E-state index contributed by atoms with van der Waals surface area (Å²) >= 11 is 0. The highest BCUT2D eigenvalue weighted by atomic mass is 16.1. The van der Waals surface area contributed by atoms with Gasteiger partial charge in [0.2, 0.25) is 5.91 Å². The van der Waals surface area contributed by atoms with Crippen molar-refractivity contribution in [1.29, 1.82) is 0 Å². The summed E-state index contributed by atoms with van der Waals surface area (Å²) in [6, 6.07) is 0.978. The number of hydrogen-bond donors (Lipinski definition) is 3. The zero-order valence-electron chi connectivity index (χ0n) is 8.18. The maximum atomic E-state index is 11.0. The molecule has 76 valence electrons. The van der Waals surface area contributed by atoms with Crippen molar-refractivity contribution in [1.82, 2.24) is 10.6 Å². The van der Waals surface area contributed by atoms with E-state index in [1.807, 2.05) is 7.05 Å². The maximum Gasteiger partial charge on any atom is 0.233 e. The van der Waals surface area contributed by atoms with E-state index in [-0.39, 0.29) is 12.5 Å². The Balaban J connectivity index is 2.21. The molecule has 1 amide bonds. The smallest absolute Gasteiger partial charge is 0.233 e. The normalized spacial score (nSPS) is 28.5. The van der Waals surface area contributed by atoms with Crippen LogP contribution in [0.3, 0.4) is 0 Å². The van der Waals surface area contributed by atoms with Crippen LogP contribution in [0, 0.1) is 0 Å². The van der Waals surface area contributed by atoms with E-state index in [4.69, 9.17) is 5.73 Å². The highest BCUT2D eigenvalue weighted by Crippen LogP contribution is 2.17. The molecule has 4 N–H and O–H groups in total. The van der Waals surface area contributed by atoms with Gasteiger partial charge in [0.1, 0.15) is 0 Å². The molecular formula is C9H19N3O. The van der Waals surface area contributed by atoms with Gasteiger partial charge >= 0.3 is 0 Å². The molecule has 1 fully saturated rings. The maximum absolute atomic E-state index is 11.0. The summed E-state index contributed by atoms with van der Waals surface area (Å²) < 4.78 is 0. The number of carbonyl (C=O) groups is 1. The van der Waals surface area contributed by atoms with Crippen LogP contribution in [0.2, 0.25) is 0 Å². The minimum absolute atomic E-state index is 0.0343. The fourth-order valence-electron chi connectivity index (χ4n) is 1.81. The summed E-state index contributed by atoms with van der Waals surface area (Å²) in [6.45, 7) is 0.103. The second-order valence-electron chi connectivity index (χ2n) is 3.61. The summed E-state index contributed by atoms with van der Waals surface area (Å²) in [6.07, 6.45) is 4.42. The minimum Gasteiger partial charge on any atom is -0.352 e. The third kappa shape index (κ3) is 3.32. The van der Waals surface area contributed by atoms with Gasteiger partial charge in [-0.15, -0.1) is 0 Å². The van der Waals surface area contributed by atoms with Crippen LogP contribution in [0.5, 0.6) is 0 Å². The van der Waals surface area contributed by atoms with E-state index in [0.29, 0.717) is 12.1 Å². The van der Waals surface area contributed by atoms with Crippen molar-refractivity contribution in [3.8, 4) is 0 Å². The number of nitrogens with two attached hydrogens (primary N) is 1. The van der Waals surface area contributed by atoms with Crippen molar-refractivity contribution in [2.75, 3.05) is 13.6 Å². The first-order chi connectivity index (χ1) is 6.26. The van der Waals surface area contributed by atoms with Crippen LogP contribution >= 0.6 is 0 Å². The molecule has 0 saturated heterocycles. The van der Waals surface area contributed by atoms with Crippen LogP contribution in [-0.4, -0.2) is 31.6 Å². The first kappa shape index (κ1) is 10.5. The molecule has 0 atom stereocenters. The summed E-state index contributed by atoms with van der Waals surface area (Å²) in [7, 11) is 1.99. The van der Waals surface area contributed by atoms with Crippen molar-refractivity contribution in [3.05, 3.63) is 0 Å². The number of hydrogen-bond acceptors (Lipinski definition) is 3. The molecule has 0 aromatic rings. The van der Waals surface area contributed by atoms with Gasteiger partial charge < -0.3 is 16.4 Å². The molecule has 1 aliphatic carbocycles. The average Bonchev–Trinajstić information content (AvgIpc) is 2.19.